The standard InChI is InChI=1S/C16H27N3O/c1-4-14(3)19-16(17-5-2)18-12-9-13-20-15-10-7-6-8-11-15/h6-8,10-11,14H,4-5,9,12-13H2,1-3H3,(H2,17,18,19). The van der Waals surface area contributed by atoms with Gasteiger partial charge in [0.1, 0.15) is 5.75 Å². The Labute approximate surface area is 122 Å². The smallest absolute Gasteiger partial charge is 0.191 e. The minimum absolute atomic E-state index is 0.438. The number of hydrogen-bond donors (Lipinski definition) is 2. The van der Waals surface area contributed by atoms with E-state index in [9.17, 15) is 0 Å². The molecular weight excluding hydrogens is 250 g/mol. The summed E-state index contributed by atoms with van der Waals surface area (Å²) in [5, 5.41) is 6.63. The second-order valence-corrected chi connectivity index (χ2v) is 4.73. The van der Waals surface area contributed by atoms with E-state index in [1.165, 1.54) is 0 Å². The summed E-state index contributed by atoms with van der Waals surface area (Å²) in [7, 11) is 0. The highest BCUT2D eigenvalue weighted by molar-refractivity contribution is 5.79. The van der Waals surface area contributed by atoms with Crippen molar-refractivity contribution in [1.29, 1.82) is 0 Å². The lowest BCUT2D eigenvalue weighted by Gasteiger charge is -2.16. The van der Waals surface area contributed by atoms with E-state index in [1.54, 1.807) is 0 Å². The molecule has 0 heterocycles. The van der Waals surface area contributed by atoms with Crippen molar-refractivity contribution in [3.05, 3.63) is 30.3 Å². The Morgan fingerprint density at radius 3 is 2.65 bits per heavy atom. The van der Waals surface area contributed by atoms with Crippen molar-refractivity contribution in [2.24, 2.45) is 4.99 Å². The average Bonchev–Trinajstić information content (AvgIpc) is 2.48. The number of rotatable bonds is 8. The third-order valence-electron chi connectivity index (χ3n) is 2.92. The molecule has 0 saturated heterocycles. The first-order chi connectivity index (χ1) is 9.76. The zero-order valence-corrected chi connectivity index (χ0v) is 12.9. The molecule has 4 nitrogen and oxygen atoms in total. The van der Waals surface area contributed by atoms with E-state index in [-0.39, 0.29) is 0 Å². The molecule has 1 unspecified atom stereocenters. The molecule has 112 valence electrons. The molecule has 1 atom stereocenters. The number of guanidine groups is 1. The highest BCUT2D eigenvalue weighted by Gasteiger charge is 2.01. The third kappa shape index (κ3) is 7.02. The van der Waals surface area contributed by atoms with Gasteiger partial charge in [0.2, 0.25) is 0 Å². The Bertz CT molecular complexity index is 379. The molecule has 0 aliphatic rings. The van der Waals surface area contributed by atoms with Gasteiger partial charge >= 0.3 is 0 Å². The largest absolute Gasteiger partial charge is 0.494 e. The van der Waals surface area contributed by atoms with Crippen molar-refractivity contribution in [3.8, 4) is 5.75 Å². The molecule has 0 bridgehead atoms. The zero-order valence-electron chi connectivity index (χ0n) is 12.9. The number of benzene rings is 1. The van der Waals surface area contributed by atoms with E-state index in [2.05, 4.69) is 36.4 Å². The molecule has 2 N–H and O–H groups in total. The van der Waals surface area contributed by atoms with E-state index in [0.717, 1.165) is 37.6 Å². The normalized spacial score (nSPS) is 12.8. The lowest BCUT2D eigenvalue weighted by atomic mass is 10.3. The van der Waals surface area contributed by atoms with Crippen molar-refractivity contribution in [2.45, 2.75) is 39.7 Å². The number of hydrogen-bond acceptors (Lipinski definition) is 2. The first-order valence-electron chi connectivity index (χ1n) is 7.49. The summed E-state index contributed by atoms with van der Waals surface area (Å²) in [4.78, 5) is 4.55. The fraction of sp³-hybridized carbons (Fsp3) is 0.562. The van der Waals surface area contributed by atoms with E-state index < -0.39 is 0 Å². The van der Waals surface area contributed by atoms with Gasteiger partial charge in [-0.3, -0.25) is 4.99 Å². The second-order valence-electron chi connectivity index (χ2n) is 4.73. The summed E-state index contributed by atoms with van der Waals surface area (Å²) in [6, 6.07) is 10.3. The van der Waals surface area contributed by atoms with Crippen molar-refractivity contribution in [3.63, 3.8) is 0 Å². The topological polar surface area (TPSA) is 45.7 Å². The van der Waals surface area contributed by atoms with Crippen LogP contribution in [-0.2, 0) is 0 Å². The lowest BCUT2D eigenvalue weighted by Crippen LogP contribution is -2.42. The quantitative estimate of drug-likeness (QED) is 0.436. The van der Waals surface area contributed by atoms with Crippen LogP contribution in [0.5, 0.6) is 5.75 Å². The molecule has 0 saturated carbocycles. The maximum absolute atomic E-state index is 5.64. The number of nitrogens with one attached hydrogen (secondary N) is 2. The highest BCUT2D eigenvalue weighted by Crippen LogP contribution is 2.08. The Balaban J connectivity index is 2.26. The summed E-state index contributed by atoms with van der Waals surface area (Å²) in [5.74, 6) is 1.81. The number of nitrogens with zero attached hydrogens (tertiary/aromatic N) is 1. The summed E-state index contributed by atoms with van der Waals surface area (Å²) < 4.78 is 5.64. The van der Waals surface area contributed by atoms with E-state index in [1.807, 2.05) is 30.3 Å². The van der Waals surface area contributed by atoms with Crippen LogP contribution in [0.15, 0.2) is 35.3 Å². The molecule has 1 aromatic rings. The van der Waals surface area contributed by atoms with Gasteiger partial charge in [0.05, 0.1) is 6.61 Å². The van der Waals surface area contributed by atoms with Gasteiger partial charge in [-0.25, -0.2) is 0 Å². The van der Waals surface area contributed by atoms with Crippen LogP contribution in [0, 0.1) is 0 Å². The highest BCUT2D eigenvalue weighted by atomic mass is 16.5. The maximum Gasteiger partial charge on any atom is 0.191 e. The van der Waals surface area contributed by atoms with Crippen molar-refractivity contribution >= 4 is 5.96 Å². The van der Waals surface area contributed by atoms with Gasteiger partial charge in [-0.1, -0.05) is 25.1 Å². The molecular formula is C16H27N3O. The first kappa shape index (κ1) is 16.3. The Kier molecular flexibility index (Phi) is 8.27. The van der Waals surface area contributed by atoms with Gasteiger partial charge in [0, 0.05) is 25.6 Å². The van der Waals surface area contributed by atoms with Crippen LogP contribution in [0.1, 0.15) is 33.6 Å². The van der Waals surface area contributed by atoms with Gasteiger partial charge in [0.25, 0.3) is 0 Å². The van der Waals surface area contributed by atoms with Gasteiger partial charge in [-0.05, 0) is 32.4 Å². The molecule has 0 aliphatic carbocycles. The average molecular weight is 277 g/mol. The summed E-state index contributed by atoms with van der Waals surface area (Å²) in [6.07, 6.45) is 1.99. The van der Waals surface area contributed by atoms with Crippen LogP contribution in [0.2, 0.25) is 0 Å². The van der Waals surface area contributed by atoms with Gasteiger partial charge in [-0.15, -0.1) is 0 Å². The van der Waals surface area contributed by atoms with Crippen LogP contribution in [-0.4, -0.2) is 31.7 Å². The summed E-state index contributed by atoms with van der Waals surface area (Å²) >= 11 is 0. The third-order valence-corrected chi connectivity index (χ3v) is 2.92. The minimum Gasteiger partial charge on any atom is -0.494 e. The molecule has 0 amide bonds. The predicted octanol–water partition coefficient (Wildman–Crippen LogP) is 2.81. The van der Waals surface area contributed by atoms with E-state index >= 15 is 0 Å². The SMILES string of the molecule is CCNC(=NCCCOc1ccccc1)NC(C)CC. The predicted molar refractivity (Wildman–Crippen MR) is 85.4 cm³/mol. The second kappa shape index (κ2) is 10.1. The molecule has 20 heavy (non-hydrogen) atoms. The van der Waals surface area contributed by atoms with E-state index in [4.69, 9.17) is 4.74 Å². The Hall–Kier alpha value is -1.71. The van der Waals surface area contributed by atoms with Gasteiger partial charge < -0.3 is 15.4 Å². The van der Waals surface area contributed by atoms with Crippen LogP contribution >= 0.6 is 0 Å². The summed E-state index contributed by atoms with van der Waals surface area (Å²) in [5.41, 5.74) is 0. The van der Waals surface area contributed by atoms with E-state index in [0.29, 0.717) is 12.6 Å². The Morgan fingerprint density at radius 1 is 1.25 bits per heavy atom. The molecule has 1 aromatic carbocycles. The summed E-state index contributed by atoms with van der Waals surface area (Å²) in [6.45, 7) is 8.73. The van der Waals surface area contributed by atoms with Crippen LogP contribution < -0.4 is 15.4 Å². The number of aliphatic imine (C=N–C) groups is 1. The van der Waals surface area contributed by atoms with Crippen LogP contribution in [0.4, 0.5) is 0 Å². The van der Waals surface area contributed by atoms with Crippen molar-refractivity contribution < 1.29 is 4.74 Å². The van der Waals surface area contributed by atoms with Gasteiger partial charge in [0.15, 0.2) is 5.96 Å². The van der Waals surface area contributed by atoms with Crippen molar-refractivity contribution in [1.82, 2.24) is 10.6 Å². The molecule has 1 rings (SSSR count). The van der Waals surface area contributed by atoms with Crippen LogP contribution in [0.25, 0.3) is 0 Å². The van der Waals surface area contributed by atoms with Crippen molar-refractivity contribution in [2.75, 3.05) is 19.7 Å². The Morgan fingerprint density at radius 2 is 2.00 bits per heavy atom. The zero-order chi connectivity index (χ0) is 14.6. The molecule has 0 radical (unpaired) electrons. The lowest BCUT2D eigenvalue weighted by molar-refractivity contribution is 0.313. The monoisotopic (exact) mass is 277 g/mol. The number of para-hydroxylation sites is 1. The fourth-order valence-corrected chi connectivity index (χ4v) is 1.62. The molecule has 0 fully saturated rings. The maximum atomic E-state index is 5.64. The fourth-order valence-electron chi connectivity index (χ4n) is 1.62. The first-order valence-corrected chi connectivity index (χ1v) is 7.49. The van der Waals surface area contributed by atoms with Gasteiger partial charge in [-0.2, -0.15) is 0 Å². The molecule has 0 spiro atoms. The minimum atomic E-state index is 0.438. The molecule has 4 heteroatoms. The molecule has 0 aromatic heterocycles. The number of ether oxygens (including phenoxy) is 1. The van der Waals surface area contributed by atoms with Crippen LogP contribution in [0.3, 0.4) is 0 Å². The molecule has 0 aliphatic heterocycles.